The minimum Gasteiger partial charge on any atom is -0.339 e. The molecule has 0 unspecified atom stereocenters. The Bertz CT molecular complexity index is 833. The summed E-state index contributed by atoms with van der Waals surface area (Å²) in [6.07, 6.45) is 1.35. The molecule has 2 heterocycles. The minimum absolute atomic E-state index is 0.0782. The molecule has 3 rings (SSSR count). The van der Waals surface area contributed by atoms with Gasteiger partial charge in [0, 0.05) is 19.1 Å². The maximum Gasteiger partial charge on any atom is 0.261 e. The number of hydrogen-bond acceptors (Lipinski definition) is 4. The van der Waals surface area contributed by atoms with Gasteiger partial charge in [-0.3, -0.25) is 14.2 Å². The summed E-state index contributed by atoms with van der Waals surface area (Å²) < 4.78 is 14.6. The van der Waals surface area contributed by atoms with Crippen molar-refractivity contribution in [2.75, 3.05) is 27.2 Å². The molecule has 0 bridgehead atoms. The number of carbonyl (C=O) groups excluding carboxylic acids is 1. The largest absolute Gasteiger partial charge is 0.339 e. The summed E-state index contributed by atoms with van der Waals surface area (Å²) in [7, 11) is 4.00. The number of aromatic nitrogens is 2. The van der Waals surface area contributed by atoms with E-state index in [0.29, 0.717) is 30.6 Å². The predicted octanol–water partition coefficient (Wildman–Crippen LogP) is 0.944. The molecule has 0 N–H and O–H groups in total. The van der Waals surface area contributed by atoms with Crippen molar-refractivity contribution in [1.29, 1.82) is 0 Å². The highest BCUT2D eigenvalue weighted by Gasteiger charge is 2.33. The van der Waals surface area contributed by atoms with Crippen LogP contribution < -0.4 is 5.56 Å². The van der Waals surface area contributed by atoms with Crippen LogP contribution in [0.25, 0.3) is 10.9 Å². The quantitative estimate of drug-likeness (QED) is 0.839. The van der Waals surface area contributed by atoms with Gasteiger partial charge in [-0.25, -0.2) is 9.37 Å². The fourth-order valence-corrected chi connectivity index (χ4v) is 3.32. The van der Waals surface area contributed by atoms with Crippen molar-refractivity contribution >= 4 is 16.8 Å². The highest BCUT2D eigenvalue weighted by Crippen LogP contribution is 2.20. The Morgan fingerprint density at radius 3 is 2.79 bits per heavy atom. The standard InChI is InChI=1S/C17H21FN4O2/c1-11-7-21(8-15(11)20(2)3)16(23)9-22-10-19-14-5-4-12(18)6-13(14)17(22)24/h4-6,10-11,15H,7-9H2,1-3H3/t11-,15-/m1/s1. The van der Waals surface area contributed by atoms with E-state index in [9.17, 15) is 14.0 Å². The molecule has 2 atom stereocenters. The van der Waals surface area contributed by atoms with Crippen molar-refractivity contribution in [3.05, 3.63) is 40.7 Å². The smallest absolute Gasteiger partial charge is 0.261 e. The van der Waals surface area contributed by atoms with Gasteiger partial charge in [-0.1, -0.05) is 6.92 Å². The van der Waals surface area contributed by atoms with E-state index in [2.05, 4.69) is 16.8 Å². The number of benzene rings is 1. The Hall–Kier alpha value is -2.28. The fraction of sp³-hybridized carbons (Fsp3) is 0.471. The van der Waals surface area contributed by atoms with Crippen LogP contribution in [0.15, 0.2) is 29.3 Å². The summed E-state index contributed by atoms with van der Waals surface area (Å²) in [6.45, 7) is 3.36. The van der Waals surface area contributed by atoms with E-state index < -0.39 is 11.4 Å². The van der Waals surface area contributed by atoms with Crippen LogP contribution in [0.4, 0.5) is 4.39 Å². The molecule has 6 nitrogen and oxygen atoms in total. The van der Waals surface area contributed by atoms with Gasteiger partial charge in [0.15, 0.2) is 0 Å². The lowest BCUT2D eigenvalue weighted by molar-refractivity contribution is -0.131. The molecule has 128 valence electrons. The second-order valence-electron chi connectivity index (χ2n) is 6.65. The zero-order valence-electron chi connectivity index (χ0n) is 14.1. The predicted molar refractivity (Wildman–Crippen MR) is 89.2 cm³/mol. The molecular weight excluding hydrogens is 311 g/mol. The number of carbonyl (C=O) groups is 1. The third-order valence-electron chi connectivity index (χ3n) is 4.68. The van der Waals surface area contributed by atoms with E-state index in [1.54, 1.807) is 4.90 Å². The number of amides is 1. The van der Waals surface area contributed by atoms with Gasteiger partial charge in [0.2, 0.25) is 5.91 Å². The van der Waals surface area contributed by atoms with Crippen LogP contribution >= 0.6 is 0 Å². The third kappa shape index (κ3) is 3.03. The maximum absolute atomic E-state index is 13.4. The van der Waals surface area contributed by atoms with E-state index in [1.807, 2.05) is 14.1 Å². The summed E-state index contributed by atoms with van der Waals surface area (Å²) >= 11 is 0. The van der Waals surface area contributed by atoms with E-state index in [4.69, 9.17) is 0 Å². The second-order valence-corrected chi connectivity index (χ2v) is 6.65. The average Bonchev–Trinajstić information content (AvgIpc) is 2.93. The number of halogens is 1. The number of nitrogens with zero attached hydrogens (tertiary/aromatic N) is 4. The van der Waals surface area contributed by atoms with Gasteiger partial charge in [-0.05, 0) is 38.2 Å². The number of rotatable bonds is 3. The van der Waals surface area contributed by atoms with Crippen LogP contribution in [-0.2, 0) is 11.3 Å². The lowest BCUT2D eigenvalue weighted by Crippen LogP contribution is -2.38. The molecule has 1 amide bonds. The van der Waals surface area contributed by atoms with Gasteiger partial charge in [0.25, 0.3) is 5.56 Å². The van der Waals surface area contributed by atoms with Crippen molar-refractivity contribution in [2.24, 2.45) is 5.92 Å². The lowest BCUT2D eigenvalue weighted by atomic mass is 10.1. The van der Waals surface area contributed by atoms with Gasteiger partial charge in [0.05, 0.1) is 17.2 Å². The molecule has 2 aromatic rings. The Morgan fingerprint density at radius 1 is 1.38 bits per heavy atom. The summed E-state index contributed by atoms with van der Waals surface area (Å²) in [5.74, 6) is -0.233. The van der Waals surface area contributed by atoms with E-state index in [1.165, 1.54) is 23.0 Å². The van der Waals surface area contributed by atoms with Crippen LogP contribution in [0.2, 0.25) is 0 Å². The van der Waals surface area contributed by atoms with E-state index >= 15 is 0 Å². The molecule has 0 radical (unpaired) electrons. The third-order valence-corrected chi connectivity index (χ3v) is 4.68. The van der Waals surface area contributed by atoms with Crippen molar-refractivity contribution < 1.29 is 9.18 Å². The zero-order chi connectivity index (χ0) is 17.4. The molecule has 1 aromatic carbocycles. The molecule has 24 heavy (non-hydrogen) atoms. The molecule has 0 saturated carbocycles. The van der Waals surface area contributed by atoms with Crippen molar-refractivity contribution in [3.8, 4) is 0 Å². The highest BCUT2D eigenvalue weighted by molar-refractivity contribution is 5.79. The van der Waals surface area contributed by atoms with Crippen LogP contribution in [0.5, 0.6) is 0 Å². The van der Waals surface area contributed by atoms with Crippen molar-refractivity contribution in [2.45, 2.75) is 19.5 Å². The molecule has 0 aliphatic carbocycles. The molecule has 1 aliphatic rings. The molecule has 0 spiro atoms. The van der Waals surface area contributed by atoms with E-state index in [-0.39, 0.29) is 17.8 Å². The second kappa shape index (κ2) is 6.32. The summed E-state index contributed by atoms with van der Waals surface area (Å²) in [5, 5.41) is 0.186. The Morgan fingerprint density at radius 2 is 2.12 bits per heavy atom. The molecule has 1 fully saturated rings. The SMILES string of the molecule is C[C@@H]1CN(C(=O)Cn2cnc3ccc(F)cc3c2=O)C[C@H]1N(C)C. The number of likely N-dealkylation sites (tertiary alicyclic amines) is 1. The monoisotopic (exact) mass is 332 g/mol. The fourth-order valence-electron chi connectivity index (χ4n) is 3.32. The number of likely N-dealkylation sites (N-methyl/N-ethyl adjacent to an activating group) is 1. The zero-order valence-corrected chi connectivity index (χ0v) is 14.1. The Balaban J connectivity index is 1.81. The number of fused-ring (bicyclic) bond motifs is 1. The van der Waals surface area contributed by atoms with Gasteiger partial charge >= 0.3 is 0 Å². The summed E-state index contributed by atoms with van der Waals surface area (Å²) in [4.78, 5) is 33.0. The van der Waals surface area contributed by atoms with Gasteiger partial charge in [0.1, 0.15) is 12.4 Å². The van der Waals surface area contributed by atoms with Crippen LogP contribution in [-0.4, -0.2) is 58.5 Å². The first kappa shape index (κ1) is 16.6. The first-order chi connectivity index (χ1) is 11.4. The highest BCUT2D eigenvalue weighted by atomic mass is 19.1. The molecular formula is C17H21FN4O2. The van der Waals surface area contributed by atoms with Gasteiger partial charge < -0.3 is 9.80 Å². The lowest BCUT2D eigenvalue weighted by Gasteiger charge is -2.22. The number of hydrogen-bond donors (Lipinski definition) is 0. The Kier molecular flexibility index (Phi) is 4.36. The van der Waals surface area contributed by atoms with Crippen molar-refractivity contribution in [3.63, 3.8) is 0 Å². The topological polar surface area (TPSA) is 58.4 Å². The summed E-state index contributed by atoms with van der Waals surface area (Å²) in [6, 6.07) is 4.19. The molecule has 1 aromatic heterocycles. The van der Waals surface area contributed by atoms with Crippen molar-refractivity contribution in [1.82, 2.24) is 19.4 Å². The normalized spacial score (nSPS) is 21.0. The Labute approximate surface area is 139 Å². The molecule has 1 saturated heterocycles. The molecule has 1 aliphatic heterocycles. The molecule has 7 heteroatoms. The van der Waals surface area contributed by atoms with Crippen LogP contribution in [0.1, 0.15) is 6.92 Å². The van der Waals surface area contributed by atoms with Gasteiger partial charge in [-0.15, -0.1) is 0 Å². The van der Waals surface area contributed by atoms with Crippen LogP contribution in [0, 0.1) is 11.7 Å². The average molecular weight is 332 g/mol. The maximum atomic E-state index is 13.4. The van der Waals surface area contributed by atoms with Gasteiger partial charge in [-0.2, -0.15) is 0 Å². The summed E-state index contributed by atoms with van der Waals surface area (Å²) in [5.41, 5.74) is 0.0248. The minimum atomic E-state index is -0.493. The van der Waals surface area contributed by atoms with Crippen LogP contribution in [0.3, 0.4) is 0 Å². The first-order valence-electron chi connectivity index (χ1n) is 7.95. The van der Waals surface area contributed by atoms with E-state index in [0.717, 1.165) is 6.07 Å². The first-order valence-corrected chi connectivity index (χ1v) is 7.95.